The molecule has 178 valence electrons. The van der Waals surface area contributed by atoms with Crippen molar-refractivity contribution in [2.45, 2.75) is 135 Å². The summed E-state index contributed by atoms with van der Waals surface area (Å²) >= 11 is 0. The van der Waals surface area contributed by atoms with Crippen molar-refractivity contribution in [3.63, 3.8) is 0 Å². The van der Waals surface area contributed by atoms with Gasteiger partial charge in [0.1, 0.15) is 0 Å². The zero-order chi connectivity index (χ0) is 22.6. The molecule has 1 aliphatic carbocycles. The van der Waals surface area contributed by atoms with Crippen molar-refractivity contribution in [2.75, 3.05) is 0 Å². The van der Waals surface area contributed by atoms with Crippen LogP contribution in [0.3, 0.4) is 0 Å². The first kappa shape index (κ1) is 27.7. The van der Waals surface area contributed by atoms with Gasteiger partial charge < -0.3 is 5.11 Å². The molecule has 0 aliphatic heterocycles. The van der Waals surface area contributed by atoms with E-state index in [-0.39, 0.29) is 11.8 Å². The van der Waals surface area contributed by atoms with Gasteiger partial charge in [0.05, 0.1) is 0 Å². The Morgan fingerprint density at radius 3 is 1.77 bits per heavy atom. The zero-order valence-electron chi connectivity index (χ0n) is 20.5. The quantitative estimate of drug-likeness (QED) is 0.145. The molecule has 0 amide bonds. The highest BCUT2D eigenvalue weighted by molar-refractivity contribution is 5.67. The van der Waals surface area contributed by atoms with Crippen molar-refractivity contribution in [2.24, 2.45) is 5.41 Å². The standard InChI is InChI=1S/C29H50O2/c1-3-5-6-7-8-9-10-11-12-13-14-15-16-17-18-19-24-29(4-2)25-22-27(23-26-29)20-21-28(30)31/h4,22-23,25H,2-3,5-21,24,26H2,1H3,(H,30,31). The maximum absolute atomic E-state index is 10.7. The second-order valence-electron chi connectivity index (χ2n) is 9.70. The molecule has 0 aromatic carbocycles. The van der Waals surface area contributed by atoms with Crippen LogP contribution in [-0.2, 0) is 4.79 Å². The lowest BCUT2D eigenvalue weighted by molar-refractivity contribution is -0.136. The fourth-order valence-electron chi connectivity index (χ4n) is 4.61. The molecule has 0 saturated heterocycles. The number of aliphatic carboxylic acids is 1. The van der Waals surface area contributed by atoms with Gasteiger partial charge in [0.25, 0.3) is 0 Å². The molecule has 1 rings (SSSR count). The normalized spacial score (nSPS) is 18.2. The van der Waals surface area contributed by atoms with Gasteiger partial charge in [-0.15, -0.1) is 6.58 Å². The fourth-order valence-corrected chi connectivity index (χ4v) is 4.61. The number of rotatable bonds is 21. The van der Waals surface area contributed by atoms with Crippen molar-refractivity contribution in [1.29, 1.82) is 0 Å². The predicted octanol–water partition coefficient (Wildman–Crippen LogP) is 9.56. The van der Waals surface area contributed by atoms with Crippen LogP contribution in [0.25, 0.3) is 0 Å². The Bertz CT molecular complexity index is 531. The van der Waals surface area contributed by atoms with Crippen molar-refractivity contribution < 1.29 is 9.90 Å². The molecular formula is C29H50O2. The minimum Gasteiger partial charge on any atom is -0.481 e. The van der Waals surface area contributed by atoms with Gasteiger partial charge in [0.15, 0.2) is 0 Å². The summed E-state index contributed by atoms with van der Waals surface area (Å²) in [4.78, 5) is 10.7. The number of hydrogen-bond acceptors (Lipinski definition) is 1. The van der Waals surface area contributed by atoms with Gasteiger partial charge in [-0.05, 0) is 19.3 Å². The van der Waals surface area contributed by atoms with Gasteiger partial charge in [-0.3, -0.25) is 4.79 Å². The van der Waals surface area contributed by atoms with E-state index in [4.69, 9.17) is 5.11 Å². The van der Waals surface area contributed by atoms with Gasteiger partial charge >= 0.3 is 5.97 Å². The molecule has 1 atom stereocenters. The summed E-state index contributed by atoms with van der Waals surface area (Å²) < 4.78 is 0. The van der Waals surface area contributed by atoms with Crippen LogP contribution >= 0.6 is 0 Å². The summed E-state index contributed by atoms with van der Waals surface area (Å²) in [5, 5.41) is 8.83. The lowest BCUT2D eigenvalue weighted by atomic mass is 9.75. The van der Waals surface area contributed by atoms with Gasteiger partial charge in [-0.25, -0.2) is 0 Å². The van der Waals surface area contributed by atoms with Crippen LogP contribution in [0.2, 0.25) is 0 Å². The highest BCUT2D eigenvalue weighted by Crippen LogP contribution is 2.37. The lowest BCUT2D eigenvalue weighted by Gasteiger charge is -2.29. The van der Waals surface area contributed by atoms with E-state index in [1.807, 2.05) is 0 Å². The summed E-state index contributed by atoms with van der Waals surface area (Å²) in [7, 11) is 0. The number of unbranched alkanes of at least 4 members (excludes halogenated alkanes) is 15. The van der Waals surface area contributed by atoms with E-state index in [1.165, 1.54) is 103 Å². The minimum absolute atomic E-state index is 0.0860. The SMILES string of the molecule is C=CC1(CCCCCCCCCCCCCCCCCC)C=CC(CCC(=O)O)=CC1. The van der Waals surface area contributed by atoms with Crippen molar-refractivity contribution >= 4 is 5.97 Å². The molecule has 0 aromatic rings. The van der Waals surface area contributed by atoms with Crippen molar-refractivity contribution in [3.05, 3.63) is 36.5 Å². The third-order valence-electron chi connectivity index (χ3n) is 6.90. The van der Waals surface area contributed by atoms with Crippen LogP contribution in [0, 0.1) is 5.41 Å². The molecule has 2 nitrogen and oxygen atoms in total. The molecule has 1 aliphatic rings. The average Bonchev–Trinajstić information content (AvgIpc) is 2.78. The highest BCUT2D eigenvalue weighted by Gasteiger charge is 2.24. The van der Waals surface area contributed by atoms with Crippen LogP contribution in [0.1, 0.15) is 135 Å². The average molecular weight is 431 g/mol. The topological polar surface area (TPSA) is 37.3 Å². The number of carboxylic acids is 1. The smallest absolute Gasteiger partial charge is 0.303 e. The molecule has 31 heavy (non-hydrogen) atoms. The molecule has 0 radical (unpaired) electrons. The predicted molar refractivity (Wildman–Crippen MR) is 136 cm³/mol. The van der Waals surface area contributed by atoms with Crippen LogP contribution in [0.5, 0.6) is 0 Å². The second-order valence-corrected chi connectivity index (χ2v) is 9.70. The summed E-state index contributed by atoms with van der Waals surface area (Å²) in [5.41, 5.74) is 1.25. The monoisotopic (exact) mass is 430 g/mol. The number of carbonyl (C=O) groups is 1. The maximum Gasteiger partial charge on any atom is 0.303 e. The van der Waals surface area contributed by atoms with Gasteiger partial charge in [0.2, 0.25) is 0 Å². The Hall–Kier alpha value is -1.31. The molecular weight excluding hydrogens is 380 g/mol. The lowest BCUT2D eigenvalue weighted by Crippen LogP contribution is -2.16. The minimum atomic E-state index is -0.719. The summed E-state index contributed by atoms with van der Waals surface area (Å²) in [6.45, 7) is 6.36. The van der Waals surface area contributed by atoms with Crippen molar-refractivity contribution in [1.82, 2.24) is 0 Å². The van der Waals surface area contributed by atoms with E-state index in [1.54, 1.807) is 0 Å². The highest BCUT2D eigenvalue weighted by atomic mass is 16.4. The first-order valence-electron chi connectivity index (χ1n) is 13.4. The number of allylic oxidation sites excluding steroid dienone is 5. The largest absolute Gasteiger partial charge is 0.481 e. The van der Waals surface area contributed by atoms with Gasteiger partial charge in [0, 0.05) is 11.8 Å². The Morgan fingerprint density at radius 2 is 1.39 bits per heavy atom. The van der Waals surface area contributed by atoms with E-state index < -0.39 is 5.97 Å². The molecule has 0 fully saturated rings. The third kappa shape index (κ3) is 14.4. The van der Waals surface area contributed by atoms with E-state index in [9.17, 15) is 4.79 Å². The summed E-state index contributed by atoms with van der Waals surface area (Å²) in [6.07, 6.45) is 34.1. The second kappa shape index (κ2) is 18.3. The van der Waals surface area contributed by atoms with E-state index in [2.05, 4.69) is 37.8 Å². The molecule has 0 saturated carbocycles. The Morgan fingerprint density at radius 1 is 0.903 bits per heavy atom. The van der Waals surface area contributed by atoms with E-state index in [0.29, 0.717) is 6.42 Å². The van der Waals surface area contributed by atoms with E-state index >= 15 is 0 Å². The molecule has 0 spiro atoms. The first-order valence-corrected chi connectivity index (χ1v) is 13.4. The number of carboxylic acid groups (broad SMARTS) is 1. The Balaban J connectivity index is 1.94. The van der Waals surface area contributed by atoms with Crippen molar-refractivity contribution in [3.8, 4) is 0 Å². The van der Waals surface area contributed by atoms with Crippen LogP contribution in [0.4, 0.5) is 0 Å². The molecule has 1 N–H and O–H groups in total. The maximum atomic E-state index is 10.7. The zero-order valence-corrected chi connectivity index (χ0v) is 20.5. The Labute approximate surface area is 193 Å². The molecule has 0 aromatic heterocycles. The Kier molecular flexibility index (Phi) is 16.3. The molecule has 0 heterocycles. The molecule has 1 unspecified atom stereocenters. The third-order valence-corrected chi connectivity index (χ3v) is 6.90. The molecule has 2 heteroatoms. The van der Waals surface area contributed by atoms with E-state index in [0.717, 1.165) is 18.4 Å². The van der Waals surface area contributed by atoms with Crippen LogP contribution in [-0.4, -0.2) is 11.1 Å². The first-order chi connectivity index (χ1) is 15.1. The van der Waals surface area contributed by atoms with Crippen LogP contribution in [0.15, 0.2) is 36.5 Å². The molecule has 0 bridgehead atoms. The van der Waals surface area contributed by atoms with Gasteiger partial charge in [-0.1, -0.05) is 140 Å². The summed E-state index contributed by atoms with van der Waals surface area (Å²) in [6, 6.07) is 0. The summed E-state index contributed by atoms with van der Waals surface area (Å²) in [5.74, 6) is -0.719. The number of hydrogen-bond donors (Lipinski definition) is 1. The van der Waals surface area contributed by atoms with Gasteiger partial charge in [-0.2, -0.15) is 0 Å². The fraction of sp³-hybridized carbons (Fsp3) is 0.759. The van der Waals surface area contributed by atoms with Crippen LogP contribution < -0.4 is 0 Å².